The fraction of sp³-hybridized carbons (Fsp3) is 0.263. The van der Waals surface area contributed by atoms with Gasteiger partial charge in [-0.05, 0) is 42.2 Å². The van der Waals surface area contributed by atoms with Gasteiger partial charge < -0.3 is 10.5 Å². The van der Waals surface area contributed by atoms with Crippen LogP contribution in [0, 0.1) is 0 Å². The summed E-state index contributed by atoms with van der Waals surface area (Å²) in [6.45, 7) is 2.24. The van der Waals surface area contributed by atoms with Crippen molar-refractivity contribution < 1.29 is 9.53 Å². The van der Waals surface area contributed by atoms with Gasteiger partial charge in [-0.2, -0.15) is 5.10 Å². The molecule has 0 aliphatic heterocycles. The second-order valence-electron chi connectivity index (χ2n) is 6.14. The number of carbonyl (C=O) groups is 1. The van der Waals surface area contributed by atoms with Crippen LogP contribution >= 0.6 is 0 Å². The molecule has 0 saturated carbocycles. The first-order valence-electron chi connectivity index (χ1n) is 7.91. The van der Waals surface area contributed by atoms with Gasteiger partial charge in [0.15, 0.2) is 0 Å². The Morgan fingerprint density at radius 1 is 1.25 bits per heavy atom. The Labute approximate surface area is 141 Å². The van der Waals surface area contributed by atoms with E-state index in [2.05, 4.69) is 47.8 Å². The normalized spacial score (nSPS) is 21.2. The first kappa shape index (κ1) is 16.1. The molecule has 1 aliphatic rings. The molecule has 5 nitrogen and oxygen atoms in total. The first-order valence-corrected chi connectivity index (χ1v) is 7.91. The Bertz CT molecular complexity index is 786. The van der Waals surface area contributed by atoms with Crippen LogP contribution in [-0.4, -0.2) is 18.9 Å². The van der Waals surface area contributed by atoms with Gasteiger partial charge in [-0.25, -0.2) is 10.2 Å². The molecule has 0 saturated heterocycles. The van der Waals surface area contributed by atoms with Crippen molar-refractivity contribution in [3.8, 4) is 5.75 Å². The summed E-state index contributed by atoms with van der Waals surface area (Å²) < 4.78 is 5.41. The molecule has 3 N–H and O–H groups in total. The summed E-state index contributed by atoms with van der Waals surface area (Å²) in [4.78, 5) is 11.0. The van der Waals surface area contributed by atoms with Gasteiger partial charge in [-0.15, -0.1) is 0 Å². The Morgan fingerprint density at radius 3 is 2.67 bits per heavy atom. The summed E-state index contributed by atoms with van der Waals surface area (Å²) in [5.41, 5.74) is 11.6. The third-order valence-corrected chi connectivity index (χ3v) is 4.71. The monoisotopic (exact) mass is 323 g/mol. The summed E-state index contributed by atoms with van der Waals surface area (Å²) in [6.07, 6.45) is 1.64. The van der Waals surface area contributed by atoms with Gasteiger partial charge in [-0.3, -0.25) is 0 Å². The molecule has 0 heterocycles. The molecule has 0 bridgehead atoms. The summed E-state index contributed by atoms with van der Waals surface area (Å²) >= 11 is 0. The molecule has 124 valence electrons. The van der Waals surface area contributed by atoms with E-state index < -0.39 is 6.03 Å². The van der Waals surface area contributed by atoms with Crippen LogP contribution in [0.5, 0.6) is 5.75 Å². The molecule has 2 amide bonds. The van der Waals surface area contributed by atoms with Crippen molar-refractivity contribution in [2.75, 3.05) is 7.11 Å². The smallest absolute Gasteiger partial charge is 0.332 e. The van der Waals surface area contributed by atoms with Crippen molar-refractivity contribution in [3.05, 3.63) is 65.2 Å². The molecule has 3 rings (SSSR count). The lowest BCUT2D eigenvalue weighted by Crippen LogP contribution is -2.33. The minimum absolute atomic E-state index is 0.142. The molecule has 24 heavy (non-hydrogen) atoms. The SMILES string of the molecule is COc1ccc2c(c1)[C@@](C)(c1ccccc1)CC/C2=N\NC(N)=O. The van der Waals surface area contributed by atoms with E-state index >= 15 is 0 Å². The number of hydrogen-bond donors (Lipinski definition) is 2. The fourth-order valence-electron chi connectivity index (χ4n) is 3.34. The molecule has 5 heteroatoms. The number of carbonyl (C=O) groups excluding carboxylic acids is 1. The third kappa shape index (κ3) is 2.85. The minimum Gasteiger partial charge on any atom is -0.497 e. The number of hydrogen-bond acceptors (Lipinski definition) is 3. The number of amides is 2. The second-order valence-corrected chi connectivity index (χ2v) is 6.14. The van der Waals surface area contributed by atoms with E-state index in [1.165, 1.54) is 5.56 Å². The highest BCUT2D eigenvalue weighted by Gasteiger charge is 2.36. The van der Waals surface area contributed by atoms with Gasteiger partial charge in [0.1, 0.15) is 5.75 Å². The highest BCUT2D eigenvalue weighted by atomic mass is 16.5. The number of benzene rings is 2. The summed E-state index contributed by atoms with van der Waals surface area (Å²) in [6, 6.07) is 15.7. The average Bonchev–Trinajstić information content (AvgIpc) is 2.61. The number of fused-ring (bicyclic) bond motifs is 1. The fourth-order valence-corrected chi connectivity index (χ4v) is 3.34. The number of ether oxygens (including phenoxy) is 1. The average molecular weight is 323 g/mol. The predicted octanol–water partition coefficient (Wildman–Crippen LogP) is 3.17. The number of nitrogens with zero attached hydrogens (tertiary/aromatic N) is 1. The quantitative estimate of drug-likeness (QED) is 0.851. The summed E-state index contributed by atoms with van der Waals surface area (Å²) in [5.74, 6) is 0.806. The molecule has 2 aromatic rings. The maximum absolute atomic E-state index is 11.0. The van der Waals surface area contributed by atoms with Gasteiger partial charge >= 0.3 is 6.03 Å². The number of nitrogens with two attached hydrogens (primary N) is 1. The van der Waals surface area contributed by atoms with Crippen molar-refractivity contribution in [1.82, 2.24) is 5.43 Å². The van der Waals surface area contributed by atoms with E-state index in [9.17, 15) is 4.79 Å². The molecular formula is C19H21N3O2. The number of rotatable bonds is 3. The van der Waals surface area contributed by atoms with Crippen molar-refractivity contribution in [2.24, 2.45) is 10.8 Å². The molecule has 0 unspecified atom stereocenters. The van der Waals surface area contributed by atoms with E-state index in [0.29, 0.717) is 0 Å². The second kappa shape index (κ2) is 6.35. The Hall–Kier alpha value is -2.82. The highest BCUT2D eigenvalue weighted by molar-refractivity contribution is 6.04. The Kier molecular flexibility index (Phi) is 4.25. The molecular weight excluding hydrogens is 302 g/mol. The lowest BCUT2D eigenvalue weighted by atomic mass is 9.67. The number of methoxy groups -OCH3 is 1. The van der Waals surface area contributed by atoms with E-state index in [0.717, 1.165) is 35.4 Å². The molecule has 0 spiro atoms. The minimum atomic E-state index is -0.658. The van der Waals surface area contributed by atoms with Crippen molar-refractivity contribution >= 4 is 11.7 Å². The number of nitrogens with one attached hydrogen (secondary N) is 1. The van der Waals surface area contributed by atoms with Crippen molar-refractivity contribution in [2.45, 2.75) is 25.2 Å². The maximum atomic E-state index is 11.0. The first-order chi connectivity index (χ1) is 11.5. The van der Waals surface area contributed by atoms with Crippen LogP contribution in [0.2, 0.25) is 0 Å². The summed E-state index contributed by atoms with van der Waals surface area (Å²) in [5, 5.41) is 4.19. The van der Waals surface area contributed by atoms with Crippen LogP contribution in [0.1, 0.15) is 36.5 Å². The van der Waals surface area contributed by atoms with Crippen LogP contribution < -0.4 is 15.9 Å². The van der Waals surface area contributed by atoms with Crippen LogP contribution in [0.15, 0.2) is 53.6 Å². The third-order valence-electron chi connectivity index (χ3n) is 4.71. The summed E-state index contributed by atoms with van der Waals surface area (Å²) in [7, 11) is 1.66. The number of urea groups is 1. The molecule has 0 aromatic heterocycles. The van der Waals surface area contributed by atoms with Crippen LogP contribution in [0.3, 0.4) is 0 Å². The Morgan fingerprint density at radius 2 is 2.00 bits per heavy atom. The zero-order valence-corrected chi connectivity index (χ0v) is 13.9. The van der Waals surface area contributed by atoms with Gasteiger partial charge in [0, 0.05) is 11.0 Å². The lowest BCUT2D eigenvalue weighted by Gasteiger charge is -2.37. The van der Waals surface area contributed by atoms with Crippen LogP contribution in [-0.2, 0) is 5.41 Å². The van der Waals surface area contributed by atoms with E-state index in [4.69, 9.17) is 10.5 Å². The zero-order valence-electron chi connectivity index (χ0n) is 13.9. The van der Waals surface area contributed by atoms with Crippen molar-refractivity contribution in [3.63, 3.8) is 0 Å². The van der Waals surface area contributed by atoms with Gasteiger partial charge in [0.25, 0.3) is 0 Å². The number of hydrazone groups is 1. The maximum Gasteiger partial charge on any atom is 0.332 e. The van der Waals surface area contributed by atoms with Gasteiger partial charge in [-0.1, -0.05) is 37.3 Å². The zero-order chi connectivity index (χ0) is 17.2. The molecule has 0 radical (unpaired) electrons. The van der Waals surface area contributed by atoms with Crippen LogP contribution in [0.4, 0.5) is 4.79 Å². The molecule has 1 atom stereocenters. The lowest BCUT2D eigenvalue weighted by molar-refractivity contribution is 0.249. The largest absolute Gasteiger partial charge is 0.497 e. The number of primary amides is 1. The molecule has 0 fully saturated rings. The molecule has 1 aliphatic carbocycles. The Balaban J connectivity index is 2.14. The van der Waals surface area contributed by atoms with E-state index in [1.807, 2.05) is 18.2 Å². The van der Waals surface area contributed by atoms with Crippen molar-refractivity contribution in [1.29, 1.82) is 0 Å². The molecule has 2 aromatic carbocycles. The van der Waals surface area contributed by atoms with E-state index in [-0.39, 0.29) is 5.41 Å². The van der Waals surface area contributed by atoms with Gasteiger partial charge in [0.05, 0.1) is 12.8 Å². The standard InChI is InChI=1S/C19H21N3O2/c1-19(13-6-4-3-5-7-13)11-10-17(21-22-18(20)23)15-9-8-14(24-2)12-16(15)19/h3-9,12H,10-11H2,1-2H3,(H3,20,22,23)/b21-17+/t19-/m1/s1. The highest BCUT2D eigenvalue weighted by Crippen LogP contribution is 2.43. The predicted molar refractivity (Wildman–Crippen MR) is 94.4 cm³/mol. The van der Waals surface area contributed by atoms with E-state index in [1.54, 1.807) is 7.11 Å². The van der Waals surface area contributed by atoms with Gasteiger partial charge in [0.2, 0.25) is 0 Å². The van der Waals surface area contributed by atoms with Crippen LogP contribution in [0.25, 0.3) is 0 Å². The topological polar surface area (TPSA) is 76.7 Å².